The van der Waals surface area contributed by atoms with E-state index >= 15 is 0 Å². The van der Waals surface area contributed by atoms with Crippen molar-refractivity contribution in [2.75, 3.05) is 6.54 Å². The highest BCUT2D eigenvalue weighted by Crippen LogP contribution is 2.15. The van der Waals surface area contributed by atoms with Gasteiger partial charge in [0.2, 0.25) is 11.8 Å². The van der Waals surface area contributed by atoms with E-state index in [4.69, 9.17) is 4.74 Å². The molecule has 0 saturated carbocycles. The zero-order valence-electron chi connectivity index (χ0n) is 12.9. The maximum atomic E-state index is 11.9. The van der Waals surface area contributed by atoms with E-state index in [-0.39, 0.29) is 26.0 Å². The van der Waals surface area contributed by atoms with Crippen LogP contribution in [0.4, 0.5) is 4.79 Å². The van der Waals surface area contributed by atoms with Crippen LogP contribution in [0.2, 0.25) is 0 Å². The average molecular weight is 334 g/mol. The molecule has 1 aliphatic heterocycles. The molecule has 3 N–H and O–H groups in total. The van der Waals surface area contributed by atoms with Crippen molar-refractivity contribution in [2.24, 2.45) is 5.92 Å². The molecule has 8 heteroatoms. The molecule has 1 saturated heterocycles. The predicted molar refractivity (Wildman–Crippen MR) is 81.5 cm³/mol. The minimum Gasteiger partial charge on any atom is -0.445 e. The number of ether oxygens (including phenoxy) is 1. The van der Waals surface area contributed by atoms with E-state index in [1.807, 2.05) is 35.6 Å². The highest BCUT2D eigenvalue weighted by molar-refractivity contribution is 6.15. The van der Waals surface area contributed by atoms with Crippen molar-refractivity contribution < 1.29 is 29.0 Å². The number of imide groups is 1. The molecule has 1 aliphatic rings. The lowest BCUT2D eigenvalue weighted by Crippen LogP contribution is -2.36. The Bertz CT molecular complexity index is 631. The van der Waals surface area contributed by atoms with Gasteiger partial charge in [0.25, 0.3) is 0 Å². The lowest BCUT2D eigenvalue weighted by molar-refractivity contribution is -0.137. The summed E-state index contributed by atoms with van der Waals surface area (Å²) in [6.07, 6.45) is -2.42. The zero-order valence-corrected chi connectivity index (χ0v) is 12.9. The molecule has 1 unspecified atom stereocenters. The summed E-state index contributed by atoms with van der Waals surface area (Å²) in [5.74, 6) is -3.11. The molecule has 0 aromatic heterocycles. The largest absolute Gasteiger partial charge is 0.445 e. The number of aliphatic hydroxyl groups is 1. The van der Waals surface area contributed by atoms with Crippen LogP contribution in [0.25, 0.3) is 0 Å². The van der Waals surface area contributed by atoms with Crippen LogP contribution < -0.4 is 10.6 Å². The summed E-state index contributed by atoms with van der Waals surface area (Å²) in [7, 11) is 0. The van der Waals surface area contributed by atoms with Crippen molar-refractivity contribution >= 4 is 23.7 Å². The Labute approximate surface area is 138 Å². The van der Waals surface area contributed by atoms with Gasteiger partial charge in [-0.25, -0.2) is 4.79 Å². The number of hydrogen-bond donors (Lipinski definition) is 3. The first kappa shape index (κ1) is 17.6. The number of carbonyl (C=O) groups is 4. The van der Waals surface area contributed by atoms with Crippen LogP contribution in [0.3, 0.4) is 0 Å². The molecule has 2 atom stereocenters. The Kier molecular flexibility index (Phi) is 6.02. The standard InChI is InChI=1S/C16H18N2O6/c19-12(14(21)11-8-13(20)18-15(11)22)6-7-17-16(23)24-9-10-4-2-1-3-5-10/h1-5,11-12,19H,6-9H2,(H,17,23)(H,18,20,22)/t11?,12-/m0/s1. The van der Waals surface area contributed by atoms with Gasteiger partial charge in [-0.3, -0.25) is 19.7 Å². The Morgan fingerprint density at radius 2 is 2.00 bits per heavy atom. The highest BCUT2D eigenvalue weighted by atomic mass is 16.5. The summed E-state index contributed by atoms with van der Waals surface area (Å²) >= 11 is 0. The Morgan fingerprint density at radius 1 is 1.29 bits per heavy atom. The van der Waals surface area contributed by atoms with Gasteiger partial charge in [0.1, 0.15) is 18.6 Å². The van der Waals surface area contributed by atoms with Crippen LogP contribution in [0.5, 0.6) is 0 Å². The molecule has 3 amide bonds. The molecule has 0 aliphatic carbocycles. The fourth-order valence-corrected chi connectivity index (χ4v) is 2.24. The summed E-state index contributed by atoms with van der Waals surface area (Å²) in [4.78, 5) is 45.8. The monoisotopic (exact) mass is 334 g/mol. The van der Waals surface area contributed by atoms with Gasteiger partial charge in [0, 0.05) is 13.0 Å². The minimum absolute atomic E-state index is 0.00279. The molecule has 1 fully saturated rings. The molecular formula is C16H18N2O6. The summed E-state index contributed by atoms with van der Waals surface area (Å²) in [6, 6.07) is 9.11. The number of Topliss-reactive ketones (excluding diaryl/α,β-unsaturated/α-hetero) is 1. The van der Waals surface area contributed by atoms with Crippen molar-refractivity contribution in [3.63, 3.8) is 0 Å². The second kappa shape index (κ2) is 8.21. The van der Waals surface area contributed by atoms with Crippen LogP contribution in [-0.4, -0.2) is 41.4 Å². The van der Waals surface area contributed by atoms with E-state index in [9.17, 15) is 24.3 Å². The lowest BCUT2D eigenvalue weighted by atomic mass is 9.96. The van der Waals surface area contributed by atoms with Gasteiger partial charge in [-0.2, -0.15) is 0 Å². The van der Waals surface area contributed by atoms with Crippen LogP contribution in [0.15, 0.2) is 30.3 Å². The quantitative estimate of drug-likeness (QED) is 0.473. The molecular weight excluding hydrogens is 316 g/mol. The summed E-state index contributed by atoms with van der Waals surface area (Å²) < 4.78 is 4.98. The summed E-state index contributed by atoms with van der Waals surface area (Å²) in [5.41, 5.74) is 0.833. The van der Waals surface area contributed by atoms with Crippen molar-refractivity contribution in [2.45, 2.75) is 25.6 Å². The third-order valence-corrected chi connectivity index (χ3v) is 3.54. The van der Waals surface area contributed by atoms with Crippen molar-refractivity contribution in [3.8, 4) is 0 Å². The van der Waals surface area contributed by atoms with E-state index in [1.165, 1.54) is 0 Å². The molecule has 0 bridgehead atoms. The topological polar surface area (TPSA) is 122 Å². The molecule has 1 heterocycles. The van der Waals surface area contributed by atoms with Crippen molar-refractivity contribution in [1.82, 2.24) is 10.6 Å². The third-order valence-electron chi connectivity index (χ3n) is 3.54. The summed E-state index contributed by atoms with van der Waals surface area (Å²) in [6.45, 7) is 0.112. The molecule has 1 aromatic rings. The number of aliphatic hydroxyl groups excluding tert-OH is 1. The fourth-order valence-electron chi connectivity index (χ4n) is 2.24. The molecule has 0 radical (unpaired) electrons. The Morgan fingerprint density at radius 3 is 2.62 bits per heavy atom. The fraction of sp³-hybridized carbons (Fsp3) is 0.375. The van der Waals surface area contributed by atoms with E-state index in [0.717, 1.165) is 5.56 Å². The zero-order chi connectivity index (χ0) is 17.5. The Balaban J connectivity index is 1.67. The van der Waals surface area contributed by atoms with Crippen molar-refractivity contribution in [3.05, 3.63) is 35.9 Å². The van der Waals surface area contributed by atoms with E-state index in [0.29, 0.717) is 0 Å². The number of nitrogens with one attached hydrogen (secondary N) is 2. The number of rotatable bonds is 7. The second-order valence-electron chi connectivity index (χ2n) is 5.36. The predicted octanol–water partition coefficient (Wildman–Crippen LogP) is -0.104. The van der Waals surface area contributed by atoms with Gasteiger partial charge in [-0.15, -0.1) is 0 Å². The van der Waals surface area contributed by atoms with E-state index in [2.05, 4.69) is 5.32 Å². The number of carbonyl (C=O) groups excluding carboxylic acids is 4. The van der Waals surface area contributed by atoms with Crippen LogP contribution in [0.1, 0.15) is 18.4 Å². The number of alkyl carbamates (subject to hydrolysis) is 1. The molecule has 0 spiro atoms. The average Bonchev–Trinajstić information content (AvgIpc) is 2.91. The van der Waals surface area contributed by atoms with Gasteiger partial charge in [-0.1, -0.05) is 30.3 Å². The second-order valence-corrected chi connectivity index (χ2v) is 5.36. The smallest absolute Gasteiger partial charge is 0.407 e. The molecule has 8 nitrogen and oxygen atoms in total. The molecule has 128 valence electrons. The molecule has 2 rings (SSSR count). The summed E-state index contributed by atoms with van der Waals surface area (Å²) in [5, 5.41) is 14.2. The number of amides is 3. The first-order valence-corrected chi connectivity index (χ1v) is 7.47. The number of hydrogen-bond acceptors (Lipinski definition) is 6. The van der Waals surface area contributed by atoms with Crippen LogP contribution >= 0.6 is 0 Å². The van der Waals surface area contributed by atoms with Gasteiger partial charge >= 0.3 is 6.09 Å². The van der Waals surface area contributed by atoms with Gasteiger partial charge in [0.05, 0.1) is 0 Å². The van der Waals surface area contributed by atoms with Gasteiger partial charge in [0.15, 0.2) is 5.78 Å². The van der Waals surface area contributed by atoms with E-state index in [1.54, 1.807) is 0 Å². The van der Waals surface area contributed by atoms with Gasteiger partial charge in [-0.05, 0) is 12.0 Å². The molecule has 1 aromatic carbocycles. The van der Waals surface area contributed by atoms with Crippen molar-refractivity contribution in [1.29, 1.82) is 0 Å². The number of ketones is 1. The lowest BCUT2D eigenvalue weighted by Gasteiger charge is -2.13. The number of benzene rings is 1. The SMILES string of the molecule is O=C1CC(C(=O)[C@@H](O)CCNC(=O)OCc2ccccc2)C(=O)N1. The molecule has 24 heavy (non-hydrogen) atoms. The van der Waals surface area contributed by atoms with Crippen LogP contribution in [0, 0.1) is 5.92 Å². The Hall–Kier alpha value is -2.74. The first-order valence-electron chi connectivity index (χ1n) is 7.47. The maximum Gasteiger partial charge on any atom is 0.407 e. The normalized spacial score (nSPS) is 18.0. The minimum atomic E-state index is -1.43. The van der Waals surface area contributed by atoms with Gasteiger partial charge < -0.3 is 15.2 Å². The highest BCUT2D eigenvalue weighted by Gasteiger charge is 2.38. The maximum absolute atomic E-state index is 11.9. The van der Waals surface area contributed by atoms with Crippen LogP contribution in [-0.2, 0) is 25.7 Å². The first-order chi connectivity index (χ1) is 11.5. The third kappa shape index (κ3) is 4.88. The van der Waals surface area contributed by atoms with E-state index < -0.39 is 35.7 Å².